The Kier molecular flexibility index (Phi) is 4.09. The minimum atomic E-state index is -0.280. The maximum absolute atomic E-state index is 13.2. The van der Waals surface area contributed by atoms with Crippen molar-refractivity contribution in [3.05, 3.63) is 35.1 Å². The third-order valence-electron chi connectivity index (χ3n) is 3.33. The molecule has 1 saturated heterocycles. The van der Waals surface area contributed by atoms with E-state index >= 15 is 0 Å². The topological polar surface area (TPSA) is 38.3 Å². The number of likely N-dealkylation sites (N-methyl/N-ethyl adjacent to an activating group) is 1. The van der Waals surface area contributed by atoms with Gasteiger partial charge in [0.15, 0.2) is 5.78 Å². The van der Waals surface area contributed by atoms with Crippen molar-refractivity contribution in [2.75, 3.05) is 19.8 Å². The molecule has 4 heteroatoms. The summed E-state index contributed by atoms with van der Waals surface area (Å²) in [5.41, 5.74) is 1.06. The summed E-state index contributed by atoms with van der Waals surface area (Å²) in [7, 11) is 0. The number of halogens is 1. The predicted octanol–water partition coefficient (Wildman–Crippen LogP) is 1.94. The zero-order chi connectivity index (χ0) is 13.1. The van der Waals surface area contributed by atoms with Crippen LogP contribution in [-0.2, 0) is 4.74 Å². The maximum atomic E-state index is 13.2. The van der Waals surface area contributed by atoms with Crippen LogP contribution in [0.15, 0.2) is 18.2 Å². The van der Waals surface area contributed by atoms with Crippen LogP contribution in [0.4, 0.5) is 4.39 Å². The predicted molar refractivity (Wildman–Crippen MR) is 67.2 cm³/mol. The largest absolute Gasteiger partial charge is 0.379 e. The van der Waals surface area contributed by atoms with Gasteiger partial charge in [-0.3, -0.25) is 4.79 Å². The first kappa shape index (κ1) is 13.2. The van der Waals surface area contributed by atoms with Crippen molar-refractivity contribution in [2.45, 2.75) is 19.9 Å². The lowest BCUT2D eigenvalue weighted by molar-refractivity contribution is 0.0891. The molecule has 0 bridgehead atoms. The fourth-order valence-corrected chi connectivity index (χ4v) is 2.29. The number of hydrogen-bond acceptors (Lipinski definition) is 3. The van der Waals surface area contributed by atoms with Gasteiger partial charge in [0.25, 0.3) is 0 Å². The van der Waals surface area contributed by atoms with Crippen molar-refractivity contribution in [2.24, 2.45) is 5.92 Å². The summed E-state index contributed by atoms with van der Waals surface area (Å²) in [6.07, 6.45) is 0. The number of aryl methyl sites for hydroxylation is 1. The van der Waals surface area contributed by atoms with Gasteiger partial charge in [0.05, 0.1) is 19.1 Å². The third kappa shape index (κ3) is 2.60. The second-order valence-electron chi connectivity index (χ2n) is 4.64. The quantitative estimate of drug-likeness (QED) is 0.831. The van der Waals surface area contributed by atoms with Crippen molar-refractivity contribution < 1.29 is 13.9 Å². The lowest BCUT2D eigenvalue weighted by Gasteiger charge is -2.17. The summed E-state index contributed by atoms with van der Waals surface area (Å²) < 4.78 is 18.5. The van der Waals surface area contributed by atoms with Crippen LogP contribution in [0.1, 0.15) is 22.8 Å². The van der Waals surface area contributed by atoms with Crippen LogP contribution in [0.3, 0.4) is 0 Å². The molecule has 0 saturated carbocycles. The average molecular weight is 251 g/mol. The Labute approximate surface area is 106 Å². The van der Waals surface area contributed by atoms with E-state index in [0.29, 0.717) is 24.3 Å². The average Bonchev–Trinajstić information content (AvgIpc) is 2.80. The molecule has 1 heterocycles. The molecule has 3 nitrogen and oxygen atoms in total. The van der Waals surface area contributed by atoms with Gasteiger partial charge in [-0.05, 0) is 37.2 Å². The Hall–Kier alpha value is -1.26. The van der Waals surface area contributed by atoms with Gasteiger partial charge >= 0.3 is 0 Å². The van der Waals surface area contributed by atoms with Crippen molar-refractivity contribution in [3.63, 3.8) is 0 Å². The summed E-state index contributed by atoms with van der Waals surface area (Å²) in [6, 6.07) is 4.57. The highest BCUT2D eigenvalue weighted by molar-refractivity contribution is 5.98. The number of carbonyl (C=O) groups is 1. The number of rotatable bonds is 4. The van der Waals surface area contributed by atoms with Crippen molar-refractivity contribution in [1.29, 1.82) is 0 Å². The third-order valence-corrected chi connectivity index (χ3v) is 3.33. The molecular formula is C14H18FNO2. The molecule has 0 radical (unpaired) electrons. The minimum absolute atomic E-state index is 0.0292. The number of ketones is 1. The van der Waals surface area contributed by atoms with Crippen LogP contribution >= 0.6 is 0 Å². The zero-order valence-corrected chi connectivity index (χ0v) is 10.7. The summed E-state index contributed by atoms with van der Waals surface area (Å²) >= 11 is 0. The van der Waals surface area contributed by atoms with E-state index in [0.717, 1.165) is 6.54 Å². The van der Waals surface area contributed by atoms with Crippen molar-refractivity contribution >= 4 is 5.78 Å². The molecule has 98 valence electrons. The van der Waals surface area contributed by atoms with E-state index in [1.54, 1.807) is 19.1 Å². The number of benzene rings is 1. The molecule has 1 aliphatic rings. The first-order chi connectivity index (χ1) is 8.63. The van der Waals surface area contributed by atoms with Gasteiger partial charge in [0.1, 0.15) is 5.82 Å². The van der Waals surface area contributed by atoms with Crippen LogP contribution in [0.2, 0.25) is 0 Å². The molecule has 1 aliphatic heterocycles. The zero-order valence-electron chi connectivity index (χ0n) is 10.7. The summed E-state index contributed by atoms with van der Waals surface area (Å²) in [5, 5.41) is 3.25. The summed E-state index contributed by atoms with van der Waals surface area (Å²) in [5.74, 6) is -0.422. The smallest absolute Gasteiger partial charge is 0.169 e. The fourth-order valence-electron chi connectivity index (χ4n) is 2.29. The molecule has 0 amide bonds. The van der Waals surface area contributed by atoms with Crippen molar-refractivity contribution in [1.82, 2.24) is 5.32 Å². The Bertz CT molecular complexity index is 447. The number of hydrogen-bond donors (Lipinski definition) is 1. The van der Waals surface area contributed by atoms with E-state index in [1.165, 1.54) is 6.07 Å². The van der Waals surface area contributed by atoms with E-state index in [-0.39, 0.29) is 23.6 Å². The van der Waals surface area contributed by atoms with Crippen LogP contribution in [0.25, 0.3) is 0 Å². The molecular weight excluding hydrogens is 233 g/mol. The van der Waals surface area contributed by atoms with Gasteiger partial charge < -0.3 is 10.1 Å². The maximum Gasteiger partial charge on any atom is 0.169 e. The van der Waals surface area contributed by atoms with E-state index in [9.17, 15) is 9.18 Å². The number of carbonyl (C=O) groups excluding carboxylic acids is 1. The Morgan fingerprint density at radius 2 is 2.28 bits per heavy atom. The highest BCUT2D eigenvalue weighted by atomic mass is 19.1. The first-order valence-corrected chi connectivity index (χ1v) is 6.25. The number of ether oxygens (including phenoxy) is 1. The van der Waals surface area contributed by atoms with Gasteiger partial charge in [-0.2, -0.15) is 0 Å². The lowest BCUT2D eigenvalue weighted by atomic mass is 9.92. The molecule has 2 atom stereocenters. The van der Waals surface area contributed by atoms with Gasteiger partial charge in [0.2, 0.25) is 0 Å². The van der Waals surface area contributed by atoms with Crippen LogP contribution in [0.5, 0.6) is 0 Å². The molecule has 18 heavy (non-hydrogen) atoms. The Morgan fingerprint density at radius 3 is 2.94 bits per heavy atom. The molecule has 0 aliphatic carbocycles. The normalized spacial score (nSPS) is 23.3. The van der Waals surface area contributed by atoms with Crippen LogP contribution in [0, 0.1) is 18.7 Å². The molecule has 1 aromatic rings. The summed E-state index contributed by atoms with van der Waals surface area (Å²) in [6.45, 7) is 5.47. The highest BCUT2D eigenvalue weighted by Crippen LogP contribution is 2.20. The Morgan fingerprint density at radius 1 is 1.50 bits per heavy atom. The van der Waals surface area contributed by atoms with E-state index in [2.05, 4.69) is 5.32 Å². The number of nitrogens with one attached hydrogen (secondary N) is 1. The van der Waals surface area contributed by atoms with Crippen molar-refractivity contribution in [3.8, 4) is 0 Å². The SMILES string of the molecule is CCNC1COCC1C(=O)c1ccc(F)c(C)c1. The second kappa shape index (κ2) is 5.59. The Balaban J connectivity index is 2.17. The molecule has 2 unspecified atom stereocenters. The van der Waals surface area contributed by atoms with Gasteiger partial charge in [-0.1, -0.05) is 6.92 Å². The molecule has 0 aromatic heterocycles. The highest BCUT2D eigenvalue weighted by Gasteiger charge is 2.33. The van der Waals surface area contributed by atoms with Crippen LogP contribution < -0.4 is 5.32 Å². The first-order valence-electron chi connectivity index (χ1n) is 6.25. The molecule has 2 rings (SSSR count). The van der Waals surface area contributed by atoms with E-state index in [1.807, 2.05) is 6.92 Å². The van der Waals surface area contributed by atoms with E-state index in [4.69, 9.17) is 4.74 Å². The molecule has 1 N–H and O–H groups in total. The monoisotopic (exact) mass is 251 g/mol. The number of Topliss-reactive ketones (excluding diaryl/α,β-unsaturated/α-hetero) is 1. The molecule has 0 spiro atoms. The lowest BCUT2D eigenvalue weighted by Crippen LogP contribution is -2.39. The summed E-state index contributed by atoms with van der Waals surface area (Å²) in [4.78, 5) is 12.4. The van der Waals surface area contributed by atoms with Crippen LogP contribution in [-0.4, -0.2) is 31.6 Å². The fraction of sp³-hybridized carbons (Fsp3) is 0.500. The second-order valence-corrected chi connectivity index (χ2v) is 4.64. The minimum Gasteiger partial charge on any atom is -0.379 e. The standard InChI is InChI=1S/C14H18FNO2/c1-3-16-13-8-18-7-11(13)14(17)10-4-5-12(15)9(2)6-10/h4-6,11,13,16H,3,7-8H2,1-2H3. The van der Waals surface area contributed by atoms with Gasteiger partial charge in [-0.15, -0.1) is 0 Å². The van der Waals surface area contributed by atoms with Gasteiger partial charge in [-0.25, -0.2) is 4.39 Å². The molecule has 1 fully saturated rings. The van der Waals surface area contributed by atoms with Gasteiger partial charge in [0, 0.05) is 11.6 Å². The van der Waals surface area contributed by atoms with E-state index < -0.39 is 0 Å². The molecule has 1 aromatic carbocycles.